The number of hydrogen-bond acceptors (Lipinski definition) is 6. The first-order valence-corrected chi connectivity index (χ1v) is 5.87. The summed E-state index contributed by atoms with van der Waals surface area (Å²) >= 11 is 0. The van der Waals surface area contributed by atoms with Crippen LogP contribution in [-0.2, 0) is 10.8 Å². The first-order valence-electron chi connectivity index (χ1n) is 4.24. The second kappa shape index (κ2) is 4.94. The van der Waals surface area contributed by atoms with Crippen molar-refractivity contribution in [1.29, 1.82) is 0 Å². The Morgan fingerprint density at radius 2 is 2.36 bits per heavy atom. The summed E-state index contributed by atoms with van der Waals surface area (Å²) in [5.74, 6) is 0. The van der Waals surface area contributed by atoms with Gasteiger partial charge in [-0.1, -0.05) is 17.1 Å². The van der Waals surface area contributed by atoms with Crippen LogP contribution in [0.1, 0.15) is 13.3 Å². The average Bonchev–Trinajstić information content (AvgIpc) is 2.51. The molecule has 0 aliphatic rings. The molecule has 80 valence electrons. The molecule has 0 saturated carbocycles. The number of aromatic nitrogens is 2. The quantitative estimate of drug-likeness (QED) is 0.734. The van der Waals surface area contributed by atoms with Crippen LogP contribution >= 0.6 is 0 Å². The topological polar surface area (TPSA) is 94.0 Å². The molecule has 1 aromatic rings. The van der Waals surface area contributed by atoms with E-state index in [9.17, 15) is 4.21 Å². The molecule has 6 nitrogen and oxygen atoms in total. The zero-order valence-corrected chi connectivity index (χ0v) is 9.00. The van der Waals surface area contributed by atoms with E-state index >= 15 is 0 Å². The molecule has 0 aliphatic carbocycles. The fourth-order valence-corrected chi connectivity index (χ4v) is 1.30. The number of nitrogens with two attached hydrogens (primary N) is 1. The average molecular weight is 218 g/mol. The molecule has 1 aromatic heterocycles. The van der Waals surface area contributed by atoms with Crippen LogP contribution < -0.4 is 11.1 Å². The normalized spacial score (nSPS) is 15.0. The third kappa shape index (κ3) is 3.33. The second-order valence-electron chi connectivity index (χ2n) is 2.97. The number of nitrogen functional groups attached to an aromatic ring is 1. The van der Waals surface area contributed by atoms with Gasteiger partial charge in [0.25, 0.3) is 0 Å². The van der Waals surface area contributed by atoms with Gasteiger partial charge in [-0.25, -0.2) is 0 Å². The molecule has 0 amide bonds. The molecule has 0 saturated heterocycles. The fourth-order valence-electron chi connectivity index (χ4n) is 0.854. The van der Waals surface area contributed by atoms with Crippen molar-refractivity contribution in [1.82, 2.24) is 10.2 Å². The smallest absolute Gasteiger partial charge is 0.316 e. The van der Waals surface area contributed by atoms with Crippen LogP contribution in [0.15, 0.2) is 4.42 Å². The molecular formula is C7H14N4O2S. The Bertz CT molecular complexity index is 314. The van der Waals surface area contributed by atoms with Crippen LogP contribution in [-0.4, -0.2) is 32.5 Å². The van der Waals surface area contributed by atoms with Crippen LogP contribution in [0.25, 0.3) is 0 Å². The summed E-state index contributed by atoms with van der Waals surface area (Å²) in [5, 5.41) is 10.2. The number of rotatable bonds is 5. The monoisotopic (exact) mass is 218 g/mol. The largest absolute Gasteiger partial charge is 0.390 e. The number of hydrogen-bond donors (Lipinski definition) is 2. The van der Waals surface area contributed by atoms with Crippen molar-refractivity contribution in [3.8, 4) is 0 Å². The second-order valence-corrected chi connectivity index (χ2v) is 4.77. The Morgan fingerprint density at radius 1 is 1.64 bits per heavy atom. The SMILES string of the molecule is CC(CCNc1nnc(N)o1)S(C)=O. The minimum absolute atomic E-state index is 0.0413. The van der Waals surface area contributed by atoms with Gasteiger partial charge in [-0.05, 0) is 6.42 Å². The van der Waals surface area contributed by atoms with E-state index in [1.54, 1.807) is 6.26 Å². The molecule has 0 aliphatic heterocycles. The van der Waals surface area contributed by atoms with E-state index < -0.39 is 10.8 Å². The maximum Gasteiger partial charge on any atom is 0.316 e. The highest BCUT2D eigenvalue weighted by Crippen LogP contribution is 2.06. The Kier molecular flexibility index (Phi) is 3.87. The minimum Gasteiger partial charge on any atom is -0.390 e. The maximum atomic E-state index is 11.0. The lowest BCUT2D eigenvalue weighted by Crippen LogP contribution is -2.14. The van der Waals surface area contributed by atoms with Crippen LogP contribution in [0.4, 0.5) is 12.0 Å². The van der Waals surface area contributed by atoms with Crippen molar-refractivity contribution in [3.63, 3.8) is 0 Å². The Labute approximate surface area is 84.7 Å². The summed E-state index contributed by atoms with van der Waals surface area (Å²) in [4.78, 5) is 0. The molecule has 0 aromatic carbocycles. The van der Waals surface area contributed by atoms with Gasteiger partial charge in [0.2, 0.25) is 0 Å². The summed E-state index contributed by atoms with van der Waals surface area (Å²) in [5.41, 5.74) is 5.23. The molecule has 2 atom stereocenters. The van der Waals surface area contributed by atoms with Crippen LogP contribution in [0.5, 0.6) is 0 Å². The van der Waals surface area contributed by atoms with E-state index in [1.807, 2.05) is 6.92 Å². The van der Waals surface area contributed by atoms with Crippen molar-refractivity contribution in [3.05, 3.63) is 0 Å². The van der Waals surface area contributed by atoms with Crippen molar-refractivity contribution in [2.45, 2.75) is 18.6 Å². The van der Waals surface area contributed by atoms with Crippen molar-refractivity contribution >= 4 is 22.8 Å². The van der Waals surface area contributed by atoms with Crippen molar-refractivity contribution in [2.75, 3.05) is 23.9 Å². The zero-order chi connectivity index (χ0) is 10.6. The minimum atomic E-state index is -0.794. The summed E-state index contributed by atoms with van der Waals surface area (Å²) in [6, 6.07) is 0.344. The molecule has 0 radical (unpaired) electrons. The Hall–Kier alpha value is -1.11. The summed E-state index contributed by atoms with van der Waals surface area (Å²) in [6.07, 6.45) is 2.47. The predicted octanol–water partition coefficient (Wildman–Crippen LogP) is 0.221. The van der Waals surface area contributed by atoms with Gasteiger partial charge in [-0.15, -0.1) is 0 Å². The number of anilines is 2. The fraction of sp³-hybridized carbons (Fsp3) is 0.714. The molecule has 14 heavy (non-hydrogen) atoms. The van der Waals surface area contributed by atoms with Crippen molar-refractivity contribution in [2.24, 2.45) is 0 Å². The van der Waals surface area contributed by atoms with Gasteiger partial charge in [0.05, 0.1) is 0 Å². The maximum absolute atomic E-state index is 11.0. The summed E-state index contributed by atoms with van der Waals surface area (Å²) in [7, 11) is -0.794. The molecule has 1 rings (SSSR count). The summed E-state index contributed by atoms with van der Waals surface area (Å²) < 4.78 is 15.9. The number of nitrogens with one attached hydrogen (secondary N) is 1. The lowest BCUT2D eigenvalue weighted by molar-refractivity contribution is 0.584. The van der Waals surface area contributed by atoms with Gasteiger partial charge in [-0.2, -0.15) is 0 Å². The van der Waals surface area contributed by atoms with Crippen LogP contribution in [0.3, 0.4) is 0 Å². The highest BCUT2D eigenvalue weighted by atomic mass is 32.2. The summed E-state index contributed by atoms with van der Waals surface area (Å²) in [6.45, 7) is 2.57. The third-order valence-electron chi connectivity index (χ3n) is 1.83. The number of nitrogens with zero attached hydrogens (tertiary/aromatic N) is 2. The van der Waals surface area contributed by atoms with E-state index in [-0.39, 0.29) is 11.3 Å². The highest BCUT2D eigenvalue weighted by molar-refractivity contribution is 7.84. The van der Waals surface area contributed by atoms with Crippen LogP contribution in [0.2, 0.25) is 0 Å². The predicted molar refractivity (Wildman–Crippen MR) is 55.3 cm³/mol. The van der Waals surface area contributed by atoms with E-state index in [2.05, 4.69) is 15.5 Å². The molecule has 2 unspecified atom stereocenters. The molecule has 0 spiro atoms. The molecular weight excluding hydrogens is 204 g/mol. The van der Waals surface area contributed by atoms with E-state index in [4.69, 9.17) is 10.2 Å². The molecule has 0 bridgehead atoms. The van der Waals surface area contributed by atoms with E-state index in [0.717, 1.165) is 6.42 Å². The standard InChI is InChI=1S/C7H14N4O2S/c1-5(14(2)12)3-4-9-7-11-10-6(8)13-7/h5H,3-4H2,1-2H3,(H2,8,10)(H,9,11). The first-order chi connectivity index (χ1) is 6.59. The highest BCUT2D eigenvalue weighted by Gasteiger charge is 2.06. The molecule has 0 fully saturated rings. The Balaban J connectivity index is 2.25. The van der Waals surface area contributed by atoms with Gasteiger partial charge < -0.3 is 15.5 Å². The van der Waals surface area contributed by atoms with E-state index in [1.165, 1.54) is 0 Å². The molecule has 3 N–H and O–H groups in total. The van der Waals surface area contributed by atoms with Crippen molar-refractivity contribution < 1.29 is 8.63 Å². The lowest BCUT2D eigenvalue weighted by atomic mass is 10.3. The Morgan fingerprint density at radius 3 is 2.86 bits per heavy atom. The molecule has 1 heterocycles. The first kappa shape index (κ1) is 11.0. The van der Waals surface area contributed by atoms with Gasteiger partial charge in [-0.3, -0.25) is 4.21 Å². The molecule has 7 heteroatoms. The van der Waals surface area contributed by atoms with Gasteiger partial charge in [0, 0.05) is 28.9 Å². The van der Waals surface area contributed by atoms with Gasteiger partial charge in [0.15, 0.2) is 0 Å². The van der Waals surface area contributed by atoms with Gasteiger partial charge in [0.1, 0.15) is 0 Å². The van der Waals surface area contributed by atoms with Gasteiger partial charge >= 0.3 is 12.0 Å². The third-order valence-corrected chi connectivity index (χ3v) is 3.20. The van der Waals surface area contributed by atoms with E-state index in [0.29, 0.717) is 12.6 Å². The zero-order valence-electron chi connectivity index (χ0n) is 8.19. The van der Waals surface area contributed by atoms with Crippen LogP contribution in [0, 0.1) is 0 Å². The lowest BCUT2D eigenvalue weighted by Gasteiger charge is -2.06.